The minimum Gasteiger partial charge on any atom is -0.507 e. The van der Waals surface area contributed by atoms with Crippen LogP contribution in [0.5, 0.6) is 5.75 Å². The average Bonchev–Trinajstić information content (AvgIpc) is 3.06. The first-order valence-electron chi connectivity index (χ1n) is 9.54. The van der Waals surface area contributed by atoms with Gasteiger partial charge in [-0.2, -0.15) is 0 Å². The van der Waals surface area contributed by atoms with Gasteiger partial charge in [-0.15, -0.1) is 0 Å². The zero-order valence-electron chi connectivity index (χ0n) is 16.9. The van der Waals surface area contributed by atoms with Gasteiger partial charge in [-0.25, -0.2) is 0 Å². The highest BCUT2D eigenvalue weighted by Crippen LogP contribution is 2.42. The molecule has 1 fully saturated rings. The fourth-order valence-electron chi connectivity index (χ4n) is 3.59. The normalized spacial score (nSPS) is 17.8. The summed E-state index contributed by atoms with van der Waals surface area (Å²) in [6.45, 7) is 1.93. The number of aromatic nitrogens is 1. The van der Waals surface area contributed by atoms with E-state index in [-0.39, 0.29) is 11.3 Å². The van der Waals surface area contributed by atoms with Crippen molar-refractivity contribution >= 4 is 39.1 Å². The number of benzene rings is 2. The smallest absolute Gasteiger partial charge is 0.300 e. The molecule has 1 atom stereocenters. The number of halogens is 1. The number of Topliss-reactive ketones (excluding diaryl/α,β-unsaturated/α-hetero) is 1. The number of amides is 1. The van der Waals surface area contributed by atoms with Gasteiger partial charge in [0, 0.05) is 28.1 Å². The van der Waals surface area contributed by atoms with Crippen LogP contribution in [0.1, 0.15) is 22.7 Å². The van der Waals surface area contributed by atoms with Gasteiger partial charge < -0.3 is 9.84 Å². The molecule has 1 N–H and O–H groups in total. The van der Waals surface area contributed by atoms with E-state index in [2.05, 4.69) is 20.9 Å². The third-order valence-corrected chi connectivity index (χ3v) is 6.10. The van der Waals surface area contributed by atoms with E-state index < -0.39 is 17.7 Å². The minimum absolute atomic E-state index is 0.0138. The molecule has 2 aromatic carbocycles. The van der Waals surface area contributed by atoms with Gasteiger partial charge in [0.25, 0.3) is 11.7 Å². The first-order valence-corrected chi connectivity index (χ1v) is 10.3. The number of carbonyl (C=O) groups is 2. The van der Waals surface area contributed by atoms with Crippen molar-refractivity contribution in [2.24, 2.45) is 0 Å². The number of nitrogens with zero attached hydrogens (tertiary/aromatic N) is 2. The predicted octanol–water partition coefficient (Wildman–Crippen LogP) is 4.79. The molecule has 4 rings (SSSR count). The lowest BCUT2D eigenvalue weighted by atomic mass is 9.96. The summed E-state index contributed by atoms with van der Waals surface area (Å²) in [6, 6.07) is 14.8. The third-order valence-electron chi connectivity index (χ3n) is 5.24. The maximum absolute atomic E-state index is 13.1. The minimum atomic E-state index is -0.814. The van der Waals surface area contributed by atoms with Crippen LogP contribution in [0.15, 0.2) is 77.0 Å². The Labute approximate surface area is 187 Å². The van der Waals surface area contributed by atoms with Crippen molar-refractivity contribution < 1.29 is 19.4 Å². The highest BCUT2D eigenvalue weighted by atomic mass is 79.9. The number of aliphatic hydroxyl groups excluding tert-OH is 1. The number of rotatable bonds is 4. The number of carbonyl (C=O) groups excluding carboxylic acids is 2. The summed E-state index contributed by atoms with van der Waals surface area (Å²) < 4.78 is 5.97. The Morgan fingerprint density at radius 2 is 1.87 bits per heavy atom. The molecule has 0 aliphatic carbocycles. The topological polar surface area (TPSA) is 79.7 Å². The fraction of sp³-hybridized carbons (Fsp3) is 0.125. The molecule has 0 radical (unpaired) electrons. The largest absolute Gasteiger partial charge is 0.507 e. The molecule has 2 heterocycles. The molecule has 1 amide bonds. The van der Waals surface area contributed by atoms with Crippen LogP contribution in [0, 0.1) is 6.92 Å². The Balaban J connectivity index is 1.92. The Bertz CT molecular complexity index is 1190. The number of pyridine rings is 1. The molecular formula is C24H19BrN2O4. The zero-order chi connectivity index (χ0) is 22.1. The second-order valence-electron chi connectivity index (χ2n) is 7.12. The van der Waals surface area contributed by atoms with Crippen molar-refractivity contribution in [3.63, 3.8) is 0 Å². The van der Waals surface area contributed by atoms with E-state index in [1.54, 1.807) is 68.0 Å². The molecule has 7 heteroatoms. The van der Waals surface area contributed by atoms with Crippen molar-refractivity contribution in [3.05, 3.63) is 93.7 Å². The van der Waals surface area contributed by atoms with Crippen LogP contribution in [0.25, 0.3) is 5.76 Å². The monoisotopic (exact) mass is 478 g/mol. The van der Waals surface area contributed by atoms with Crippen LogP contribution in [0.4, 0.5) is 5.69 Å². The zero-order valence-corrected chi connectivity index (χ0v) is 18.5. The number of ether oxygens (including phenoxy) is 1. The number of hydrogen-bond donors (Lipinski definition) is 1. The number of methoxy groups -OCH3 is 1. The van der Waals surface area contributed by atoms with Crippen molar-refractivity contribution in [1.82, 2.24) is 4.98 Å². The highest BCUT2D eigenvalue weighted by molar-refractivity contribution is 9.10. The average molecular weight is 479 g/mol. The summed E-state index contributed by atoms with van der Waals surface area (Å²) in [5.41, 5.74) is 2.59. The molecule has 0 spiro atoms. The molecule has 1 aliphatic heterocycles. The van der Waals surface area contributed by atoms with Crippen LogP contribution in [-0.2, 0) is 9.59 Å². The van der Waals surface area contributed by atoms with Crippen LogP contribution in [-0.4, -0.2) is 28.9 Å². The van der Waals surface area contributed by atoms with Crippen molar-refractivity contribution in [3.8, 4) is 5.75 Å². The summed E-state index contributed by atoms with van der Waals surface area (Å²) in [5, 5.41) is 11.1. The summed E-state index contributed by atoms with van der Waals surface area (Å²) in [4.78, 5) is 31.8. The van der Waals surface area contributed by atoms with E-state index in [9.17, 15) is 14.7 Å². The predicted molar refractivity (Wildman–Crippen MR) is 121 cm³/mol. The van der Waals surface area contributed by atoms with Crippen LogP contribution < -0.4 is 9.64 Å². The molecule has 156 valence electrons. The second-order valence-corrected chi connectivity index (χ2v) is 7.97. The summed E-state index contributed by atoms with van der Waals surface area (Å²) >= 11 is 3.49. The third kappa shape index (κ3) is 3.72. The molecule has 0 bridgehead atoms. The van der Waals surface area contributed by atoms with E-state index in [1.807, 2.05) is 13.0 Å². The molecule has 6 nitrogen and oxygen atoms in total. The highest BCUT2D eigenvalue weighted by Gasteiger charge is 2.47. The molecule has 3 aromatic rings. The van der Waals surface area contributed by atoms with Gasteiger partial charge >= 0.3 is 0 Å². The molecule has 1 aliphatic rings. The summed E-state index contributed by atoms with van der Waals surface area (Å²) in [6.07, 6.45) is 3.20. The van der Waals surface area contributed by atoms with E-state index in [0.717, 1.165) is 10.0 Å². The lowest BCUT2D eigenvalue weighted by Crippen LogP contribution is -2.29. The quantitative estimate of drug-likeness (QED) is 0.331. The molecule has 0 unspecified atom stereocenters. The Kier molecular flexibility index (Phi) is 5.61. The molecule has 0 saturated carbocycles. The van der Waals surface area contributed by atoms with Crippen LogP contribution in [0.3, 0.4) is 0 Å². The van der Waals surface area contributed by atoms with Gasteiger partial charge in [0.05, 0.1) is 18.7 Å². The molecular weight excluding hydrogens is 460 g/mol. The van der Waals surface area contributed by atoms with Crippen LogP contribution in [0.2, 0.25) is 0 Å². The van der Waals surface area contributed by atoms with E-state index in [1.165, 1.54) is 4.90 Å². The number of aryl methyl sites for hydroxylation is 1. The Hall–Kier alpha value is -3.45. The lowest BCUT2D eigenvalue weighted by molar-refractivity contribution is -0.132. The van der Waals surface area contributed by atoms with Crippen molar-refractivity contribution in [2.75, 3.05) is 12.0 Å². The maximum Gasteiger partial charge on any atom is 0.300 e. The second kappa shape index (κ2) is 8.35. The summed E-state index contributed by atoms with van der Waals surface area (Å²) in [5.74, 6) is -1.09. The van der Waals surface area contributed by atoms with E-state index in [4.69, 9.17) is 4.74 Å². The number of anilines is 1. The lowest BCUT2D eigenvalue weighted by Gasteiger charge is -2.25. The number of ketones is 1. The molecule has 1 saturated heterocycles. The number of aliphatic hydroxyl groups is 1. The Morgan fingerprint density at radius 3 is 2.48 bits per heavy atom. The maximum atomic E-state index is 13.1. The molecule has 1 aromatic heterocycles. The van der Waals surface area contributed by atoms with Gasteiger partial charge in [-0.05, 0) is 60.5 Å². The van der Waals surface area contributed by atoms with Gasteiger partial charge in [-0.1, -0.05) is 28.1 Å². The fourth-order valence-corrected chi connectivity index (χ4v) is 3.95. The Morgan fingerprint density at radius 1 is 1.13 bits per heavy atom. The van der Waals surface area contributed by atoms with Crippen molar-refractivity contribution in [2.45, 2.75) is 13.0 Å². The van der Waals surface area contributed by atoms with E-state index in [0.29, 0.717) is 22.6 Å². The standard InChI is InChI=1S/C24H19BrN2O4/c1-14-5-8-17(12-19(14)25)27-21(16-4-3-11-26-13-16)20(23(29)24(27)30)22(28)15-6-9-18(31-2)10-7-15/h3-13,21,28H,1-2H3/t21-/m0/s1. The SMILES string of the molecule is COc1ccc(C(O)=C2C(=O)C(=O)N(c3ccc(C)c(Br)c3)[C@H]2c2cccnc2)cc1. The van der Waals surface area contributed by atoms with Crippen LogP contribution >= 0.6 is 15.9 Å². The van der Waals surface area contributed by atoms with Crippen molar-refractivity contribution in [1.29, 1.82) is 0 Å². The number of hydrogen-bond acceptors (Lipinski definition) is 5. The van der Waals surface area contributed by atoms with Gasteiger partial charge in [-0.3, -0.25) is 19.5 Å². The first-order chi connectivity index (χ1) is 14.9. The first kappa shape index (κ1) is 20.8. The van der Waals surface area contributed by atoms with Gasteiger partial charge in [0.1, 0.15) is 11.5 Å². The van der Waals surface area contributed by atoms with Gasteiger partial charge in [0.15, 0.2) is 0 Å². The van der Waals surface area contributed by atoms with E-state index >= 15 is 0 Å². The van der Waals surface area contributed by atoms with Gasteiger partial charge in [0.2, 0.25) is 0 Å². The summed E-state index contributed by atoms with van der Waals surface area (Å²) in [7, 11) is 1.54. The molecule has 31 heavy (non-hydrogen) atoms.